The summed E-state index contributed by atoms with van der Waals surface area (Å²) in [6.45, 7) is 0.171. The number of nitrogens with one attached hydrogen (secondary N) is 2. The lowest BCUT2D eigenvalue weighted by atomic mass is 10.0. The normalized spacial score (nSPS) is 14.7. The molecule has 1 amide bonds. The van der Waals surface area contributed by atoms with Crippen LogP contribution in [0.25, 0.3) is 11.3 Å². The van der Waals surface area contributed by atoms with Crippen molar-refractivity contribution in [1.82, 2.24) is 20.3 Å². The molecule has 0 bridgehead atoms. The SMILES string of the molecule is Cn1ccc(NCc2c(C(=O)NC3CCCC3)noc2-c2ccc(C(F)(F)F)cc2)n1. The quantitative estimate of drug-likeness (QED) is 0.603. The monoisotopic (exact) mass is 433 g/mol. The van der Waals surface area contributed by atoms with Gasteiger partial charge < -0.3 is 15.2 Å². The molecule has 31 heavy (non-hydrogen) atoms. The molecule has 2 aromatic heterocycles. The molecular weight excluding hydrogens is 411 g/mol. The van der Waals surface area contributed by atoms with E-state index in [2.05, 4.69) is 20.9 Å². The van der Waals surface area contributed by atoms with Crippen molar-refractivity contribution in [3.63, 3.8) is 0 Å². The Bertz CT molecular complexity index is 1050. The predicted molar refractivity (Wildman–Crippen MR) is 107 cm³/mol. The van der Waals surface area contributed by atoms with Crippen molar-refractivity contribution in [3.8, 4) is 11.3 Å². The summed E-state index contributed by atoms with van der Waals surface area (Å²) in [7, 11) is 1.78. The number of aryl methyl sites for hydroxylation is 1. The molecule has 0 aliphatic heterocycles. The van der Waals surface area contributed by atoms with Crippen molar-refractivity contribution in [3.05, 3.63) is 53.3 Å². The highest BCUT2D eigenvalue weighted by Crippen LogP contribution is 2.33. The topological polar surface area (TPSA) is 85.0 Å². The van der Waals surface area contributed by atoms with Crippen LogP contribution in [0.2, 0.25) is 0 Å². The van der Waals surface area contributed by atoms with Gasteiger partial charge in [-0.05, 0) is 25.0 Å². The van der Waals surface area contributed by atoms with Crippen LogP contribution < -0.4 is 10.6 Å². The molecule has 1 aliphatic rings. The first kappa shape index (κ1) is 21.0. The Morgan fingerprint density at radius 1 is 1.19 bits per heavy atom. The summed E-state index contributed by atoms with van der Waals surface area (Å²) in [5.41, 5.74) is 0.215. The van der Waals surface area contributed by atoms with Crippen LogP contribution in [0.3, 0.4) is 0 Å². The first-order valence-electron chi connectivity index (χ1n) is 10.0. The fourth-order valence-corrected chi connectivity index (χ4v) is 3.70. The van der Waals surface area contributed by atoms with Gasteiger partial charge in [0.25, 0.3) is 5.91 Å². The van der Waals surface area contributed by atoms with E-state index < -0.39 is 11.7 Å². The largest absolute Gasteiger partial charge is 0.416 e. The summed E-state index contributed by atoms with van der Waals surface area (Å²) < 4.78 is 45.8. The van der Waals surface area contributed by atoms with Gasteiger partial charge in [0, 0.05) is 37.5 Å². The van der Waals surface area contributed by atoms with Gasteiger partial charge in [0.05, 0.1) is 11.1 Å². The zero-order valence-electron chi connectivity index (χ0n) is 16.9. The van der Waals surface area contributed by atoms with Gasteiger partial charge in [0.15, 0.2) is 11.5 Å². The third kappa shape index (κ3) is 4.73. The van der Waals surface area contributed by atoms with Gasteiger partial charge in [-0.2, -0.15) is 18.3 Å². The number of carbonyl (C=O) groups is 1. The molecule has 1 saturated carbocycles. The fraction of sp³-hybridized carbons (Fsp3) is 0.381. The van der Waals surface area contributed by atoms with Gasteiger partial charge in [-0.3, -0.25) is 9.48 Å². The number of amides is 1. The first-order valence-corrected chi connectivity index (χ1v) is 10.0. The number of halogens is 3. The maximum absolute atomic E-state index is 12.9. The van der Waals surface area contributed by atoms with E-state index in [1.807, 2.05) is 0 Å². The van der Waals surface area contributed by atoms with Gasteiger partial charge >= 0.3 is 6.18 Å². The Kier molecular flexibility index (Phi) is 5.71. The Morgan fingerprint density at radius 3 is 2.52 bits per heavy atom. The van der Waals surface area contributed by atoms with Crippen LogP contribution in [0.4, 0.5) is 19.0 Å². The van der Waals surface area contributed by atoms with Crippen LogP contribution in [0.5, 0.6) is 0 Å². The van der Waals surface area contributed by atoms with Crippen LogP contribution in [0.1, 0.15) is 47.3 Å². The highest BCUT2D eigenvalue weighted by molar-refractivity contribution is 5.95. The van der Waals surface area contributed by atoms with Crippen molar-refractivity contribution in [2.45, 2.75) is 44.4 Å². The number of aromatic nitrogens is 3. The third-order valence-corrected chi connectivity index (χ3v) is 5.33. The van der Waals surface area contributed by atoms with Crippen molar-refractivity contribution < 1.29 is 22.5 Å². The minimum Gasteiger partial charge on any atom is -0.364 e. The number of hydrogen-bond donors (Lipinski definition) is 2. The van der Waals surface area contributed by atoms with E-state index in [0.29, 0.717) is 16.9 Å². The minimum absolute atomic E-state index is 0.0929. The standard InChI is InChI=1S/C21H22F3N5O2/c1-29-11-10-17(27-29)25-12-16-18(20(30)26-15-4-2-3-5-15)28-31-19(16)13-6-8-14(9-7-13)21(22,23)24/h6-11,15H,2-5,12H2,1H3,(H,25,27)(H,26,30). The van der Waals surface area contributed by atoms with Crippen molar-refractivity contribution >= 4 is 11.7 Å². The summed E-state index contributed by atoms with van der Waals surface area (Å²) in [6.07, 6.45) is 1.28. The Labute approximate surface area is 176 Å². The second-order valence-electron chi connectivity index (χ2n) is 7.60. The number of rotatable bonds is 6. The van der Waals surface area contributed by atoms with Gasteiger partial charge in [0.1, 0.15) is 5.82 Å². The van der Waals surface area contributed by atoms with Crippen LogP contribution in [-0.2, 0) is 19.8 Å². The van der Waals surface area contributed by atoms with E-state index in [4.69, 9.17) is 4.52 Å². The summed E-state index contributed by atoms with van der Waals surface area (Å²) in [6, 6.07) is 6.44. The molecule has 7 nitrogen and oxygen atoms in total. The van der Waals surface area contributed by atoms with Crippen molar-refractivity contribution in [1.29, 1.82) is 0 Å². The zero-order valence-corrected chi connectivity index (χ0v) is 16.9. The summed E-state index contributed by atoms with van der Waals surface area (Å²) in [5, 5.41) is 14.3. The number of benzene rings is 1. The molecule has 1 fully saturated rings. The molecule has 2 N–H and O–H groups in total. The Balaban J connectivity index is 1.63. The average molecular weight is 433 g/mol. The zero-order chi connectivity index (χ0) is 22.0. The van der Waals surface area contributed by atoms with Gasteiger partial charge in [0.2, 0.25) is 0 Å². The van der Waals surface area contributed by atoms with E-state index in [1.165, 1.54) is 12.1 Å². The first-order chi connectivity index (χ1) is 14.8. The lowest BCUT2D eigenvalue weighted by molar-refractivity contribution is -0.137. The fourth-order valence-electron chi connectivity index (χ4n) is 3.70. The lowest BCUT2D eigenvalue weighted by Crippen LogP contribution is -2.33. The molecule has 2 heterocycles. The molecule has 1 aromatic carbocycles. The Hall–Kier alpha value is -3.30. The molecular formula is C21H22F3N5O2. The maximum Gasteiger partial charge on any atom is 0.416 e. The van der Waals surface area contributed by atoms with Crippen LogP contribution >= 0.6 is 0 Å². The third-order valence-electron chi connectivity index (χ3n) is 5.33. The van der Waals surface area contributed by atoms with Crippen molar-refractivity contribution in [2.75, 3.05) is 5.32 Å². The summed E-state index contributed by atoms with van der Waals surface area (Å²) in [5.74, 6) is 0.476. The van der Waals surface area contributed by atoms with Gasteiger partial charge in [-0.1, -0.05) is 30.1 Å². The highest BCUT2D eigenvalue weighted by atomic mass is 19.4. The average Bonchev–Trinajstić information content (AvgIpc) is 3.47. The predicted octanol–water partition coefficient (Wildman–Crippen LogP) is 4.38. The second-order valence-corrected chi connectivity index (χ2v) is 7.60. The smallest absolute Gasteiger partial charge is 0.364 e. The number of carbonyl (C=O) groups excluding carboxylic acids is 1. The Morgan fingerprint density at radius 2 is 1.90 bits per heavy atom. The van der Waals surface area contributed by atoms with Gasteiger partial charge in [-0.25, -0.2) is 0 Å². The van der Waals surface area contributed by atoms with Crippen LogP contribution in [-0.4, -0.2) is 26.9 Å². The molecule has 4 rings (SSSR count). The molecule has 0 unspecified atom stereocenters. The van der Waals surface area contributed by atoms with Crippen LogP contribution in [0.15, 0.2) is 41.1 Å². The number of anilines is 1. The van der Waals surface area contributed by atoms with E-state index in [-0.39, 0.29) is 29.9 Å². The van der Waals surface area contributed by atoms with E-state index in [9.17, 15) is 18.0 Å². The molecule has 0 spiro atoms. The van der Waals surface area contributed by atoms with Gasteiger partial charge in [-0.15, -0.1) is 0 Å². The number of nitrogens with zero attached hydrogens (tertiary/aromatic N) is 3. The van der Waals surface area contributed by atoms with E-state index in [0.717, 1.165) is 37.8 Å². The van der Waals surface area contributed by atoms with Crippen molar-refractivity contribution in [2.24, 2.45) is 7.05 Å². The molecule has 0 saturated heterocycles. The molecule has 10 heteroatoms. The molecule has 3 aromatic rings. The maximum atomic E-state index is 12.9. The highest BCUT2D eigenvalue weighted by Gasteiger charge is 2.31. The van der Waals surface area contributed by atoms with E-state index in [1.54, 1.807) is 24.0 Å². The lowest BCUT2D eigenvalue weighted by Gasteiger charge is -2.12. The number of hydrogen-bond acceptors (Lipinski definition) is 5. The molecule has 0 radical (unpaired) electrons. The summed E-state index contributed by atoms with van der Waals surface area (Å²) in [4.78, 5) is 12.8. The minimum atomic E-state index is -4.43. The number of alkyl halides is 3. The van der Waals surface area contributed by atoms with Crippen LogP contribution in [0, 0.1) is 0 Å². The molecule has 164 valence electrons. The molecule has 1 aliphatic carbocycles. The summed E-state index contributed by atoms with van der Waals surface area (Å²) >= 11 is 0. The second kappa shape index (κ2) is 8.44. The molecule has 0 atom stereocenters. The van der Waals surface area contributed by atoms with E-state index >= 15 is 0 Å².